The highest BCUT2D eigenvalue weighted by atomic mass is 35.5. The predicted molar refractivity (Wildman–Crippen MR) is 137 cm³/mol. The monoisotopic (exact) mass is 629 g/mol. The van der Waals surface area contributed by atoms with Crippen LogP contribution >= 0.6 is 23.2 Å². The van der Waals surface area contributed by atoms with Gasteiger partial charge in [0, 0.05) is 23.4 Å². The smallest absolute Gasteiger partial charge is 0.422 e. The third kappa shape index (κ3) is 6.44. The van der Waals surface area contributed by atoms with Crippen LogP contribution in [0.3, 0.4) is 0 Å². The molecule has 0 saturated carbocycles. The number of carbonyl (C=O) groups excluding carboxylic acids is 2. The van der Waals surface area contributed by atoms with Crippen LogP contribution in [0.4, 0.5) is 37.7 Å². The van der Waals surface area contributed by atoms with Crippen molar-refractivity contribution < 1.29 is 45.6 Å². The summed E-state index contributed by atoms with van der Waals surface area (Å²) in [5.41, 5.74) is -4.89. The number of esters is 1. The van der Waals surface area contributed by atoms with Gasteiger partial charge in [-0.1, -0.05) is 29.3 Å². The van der Waals surface area contributed by atoms with Crippen LogP contribution < -0.4 is 10.1 Å². The number of anilines is 1. The minimum absolute atomic E-state index is 0.0469. The van der Waals surface area contributed by atoms with E-state index in [1.54, 1.807) is 0 Å². The number of alkyl halides is 3. The molecular weight excluding hydrogens is 619 g/mol. The minimum atomic E-state index is -5.16. The average Bonchev–Trinajstić information content (AvgIpc) is 2.90. The molecule has 1 amide bonds. The van der Waals surface area contributed by atoms with Gasteiger partial charge in [0.2, 0.25) is 0 Å². The third-order valence-corrected chi connectivity index (χ3v) is 6.09. The molecule has 0 unspecified atom stereocenters. The number of nitrogens with zero attached hydrogens (tertiary/aromatic N) is 2. The van der Waals surface area contributed by atoms with Crippen LogP contribution in [0.1, 0.15) is 26.3 Å². The second-order valence-electron chi connectivity index (χ2n) is 8.26. The Hall–Kier alpha value is -4.69. The van der Waals surface area contributed by atoms with E-state index in [-0.39, 0.29) is 11.1 Å². The number of carbonyl (C=O) groups is 2. The lowest BCUT2D eigenvalue weighted by Crippen LogP contribution is -2.18. The van der Waals surface area contributed by atoms with Crippen LogP contribution in [0, 0.1) is 27.6 Å². The van der Waals surface area contributed by atoms with E-state index in [4.69, 9.17) is 27.9 Å². The van der Waals surface area contributed by atoms with E-state index < -0.39 is 84.5 Å². The molecule has 8 nitrogen and oxygen atoms in total. The Labute approximate surface area is 240 Å². The zero-order valence-corrected chi connectivity index (χ0v) is 21.7. The van der Waals surface area contributed by atoms with E-state index >= 15 is 0 Å². The number of nitro groups is 1. The van der Waals surface area contributed by atoms with E-state index in [2.05, 4.69) is 10.3 Å². The average molecular weight is 630 g/mol. The number of halogens is 8. The van der Waals surface area contributed by atoms with Crippen LogP contribution in [0.25, 0.3) is 11.1 Å². The lowest BCUT2D eigenvalue weighted by Gasteiger charge is -2.14. The fourth-order valence-electron chi connectivity index (χ4n) is 3.63. The van der Waals surface area contributed by atoms with Gasteiger partial charge in [0.25, 0.3) is 11.6 Å². The number of amides is 1. The first kappa shape index (κ1) is 30.3. The van der Waals surface area contributed by atoms with Crippen molar-refractivity contribution in [3.63, 3.8) is 0 Å². The van der Waals surface area contributed by atoms with Gasteiger partial charge >= 0.3 is 12.1 Å². The number of nitro benzene ring substituents is 1. The Morgan fingerprint density at radius 1 is 0.881 bits per heavy atom. The number of pyridine rings is 1. The van der Waals surface area contributed by atoms with Crippen molar-refractivity contribution in [2.75, 3.05) is 5.32 Å². The second-order valence-corrected chi connectivity index (χ2v) is 8.98. The Morgan fingerprint density at radius 3 is 2.24 bits per heavy atom. The van der Waals surface area contributed by atoms with Crippen molar-refractivity contribution in [2.45, 2.75) is 6.18 Å². The van der Waals surface area contributed by atoms with Crippen LogP contribution in [0.2, 0.25) is 10.3 Å². The van der Waals surface area contributed by atoms with Gasteiger partial charge in [-0.05, 0) is 48.0 Å². The van der Waals surface area contributed by atoms with Gasteiger partial charge in [-0.25, -0.2) is 22.9 Å². The number of ether oxygens (including phenoxy) is 1. The van der Waals surface area contributed by atoms with Gasteiger partial charge in [0.15, 0.2) is 11.0 Å². The lowest BCUT2D eigenvalue weighted by molar-refractivity contribution is -0.388. The Morgan fingerprint density at radius 2 is 1.60 bits per heavy atom. The van der Waals surface area contributed by atoms with Crippen molar-refractivity contribution in [1.29, 1.82) is 0 Å². The largest absolute Gasteiger partial charge is 0.423 e. The van der Waals surface area contributed by atoms with Crippen LogP contribution in [0.5, 0.6) is 5.75 Å². The fourth-order valence-corrected chi connectivity index (χ4v) is 4.03. The number of benzene rings is 3. The normalized spacial score (nSPS) is 11.2. The predicted octanol–water partition coefficient (Wildman–Crippen LogP) is 7.87. The van der Waals surface area contributed by atoms with Crippen LogP contribution in [-0.2, 0) is 6.18 Å². The van der Waals surface area contributed by atoms with E-state index in [0.29, 0.717) is 24.3 Å². The van der Waals surface area contributed by atoms with Gasteiger partial charge in [0.1, 0.15) is 33.7 Å². The number of hydrogen-bond donors (Lipinski definition) is 1. The summed E-state index contributed by atoms with van der Waals surface area (Å²) < 4.78 is 87.2. The summed E-state index contributed by atoms with van der Waals surface area (Å²) in [7, 11) is 0. The highest BCUT2D eigenvalue weighted by Crippen LogP contribution is 2.38. The molecule has 1 heterocycles. The molecule has 42 heavy (non-hydrogen) atoms. The zero-order chi connectivity index (χ0) is 30.9. The first-order chi connectivity index (χ1) is 19.6. The van der Waals surface area contributed by atoms with Gasteiger partial charge in [0.05, 0.1) is 10.5 Å². The maximum absolute atomic E-state index is 14.5. The minimum Gasteiger partial charge on any atom is -0.422 e. The molecule has 0 aliphatic carbocycles. The van der Waals surface area contributed by atoms with Crippen molar-refractivity contribution in [2.24, 2.45) is 0 Å². The number of nitrogens with one attached hydrogen (secondary N) is 1. The van der Waals surface area contributed by atoms with Gasteiger partial charge in [-0.2, -0.15) is 13.2 Å². The molecule has 0 aliphatic heterocycles. The summed E-state index contributed by atoms with van der Waals surface area (Å²) in [5.74, 6) is -6.16. The Kier molecular flexibility index (Phi) is 8.40. The highest BCUT2D eigenvalue weighted by molar-refractivity contribution is 6.34. The molecule has 0 aliphatic rings. The molecule has 4 rings (SSSR count). The first-order valence-corrected chi connectivity index (χ1v) is 11.9. The molecule has 0 atom stereocenters. The quantitative estimate of drug-likeness (QED) is 0.0580. The Bertz CT molecular complexity index is 1770. The molecule has 0 fully saturated rings. The molecule has 0 bridgehead atoms. The van der Waals surface area contributed by atoms with Crippen molar-refractivity contribution in [3.05, 3.63) is 115 Å². The molecular formula is C26H11Cl2F6N3O5. The zero-order valence-electron chi connectivity index (χ0n) is 20.2. The highest BCUT2D eigenvalue weighted by Gasteiger charge is 2.38. The number of rotatable bonds is 6. The standard InChI is InChI=1S/C26H11Cl2F6N3O5/c27-22-16(10-19(31)23(28)36-22)25(39)42-21-6-1-11(14-4-2-12(29)8-18(14)30)7-15(21)24(38)35-13-3-5-20(37(40)41)17(9-13)26(32,33)34/h1-10H,(H,35,38). The third-order valence-electron chi connectivity index (χ3n) is 5.53. The molecule has 4 aromatic rings. The van der Waals surface area contributed by atoms with Crippen molar-refractivity contribution >= 4 is 46.5 Å². The van der Waals surface area contributed by atoms with E-state index in [1.165, 1.54) is 6.07 Å². The molecule has 3 aromatic carbocycles. The topological polar surface area (TPSA) is 111 Å². The maximum Gasteiger partial charge on any atom is 0.423 e. The molecule has 0 spiro atoms. The summed E-state index contributed by atoms with van der Waals surface area (Å²) in [6.07, 6.45) is -5.16. The molecule has 1 N–H and O–H groups in total. The van der Waals surface area contributed by atoms with Gasteiger partial charge in [-0.15, -0.1) is 0 Å². The maximum atomic E-state index is 14.5. The van der Waals surface area contributed by atoms with Crippen molar-refractivity contribution in [3.8, 4) is 16.9 Å². The summed E-state index contributed by atoms with van der Waals surface area (Å²) in [6.45, 7) is 0. The van der Waals surface area contributed by atoms with Crippen LogP contribution in [-0.4, -0.2) is 21.8 Å². The Balaban J connectivity index is 1.78. The fraction of sp³-hybridized carbons (Fsp3) is 0.0385. The van der Waals surface area contributed by atoms with E-state index in [0.717, 1.165) is 30.3 Å². The van der Waals surface area contributed by atoms with Gasteiger partial charge < -0.3 is 10.1 Å². The van der Waals surface area contributed by atoms with Crippen LogP contribution in [0.15, 0.2) is 60.7 Å². The summed E-state index contributed by atoms with van der Waals surface area (Å²) in [5, 5.41) is 11.9. The first-order valence-electron chi connectivity index (χ1n) is 11.2. The molecule has 1 aromatic heterocycles. The molecule has 0 saturated heterocycles. The number of hydrogen-bond acceptors (Lipinski definition) is 6. The molecule has 16 heteroatoms. The summed E-state index contributed by atoms with van der Waals surface area (Å²) >= 11 is 11.4. The number of aromatic nitrogens is 1. The van der Waals surface area contributed by atoms with Gasteiger partial charge in [-0.3, -0.25) is 14.9 Å². The van der Waals surface area contributed by atoms with Crippen molar-refractivity contribution in [1.82, 2.24) is 4.98 Å². The van der Waals surface area contributed by atoms with E-state index in [1.807, 2.05) is 0 Å². The van der Waals surface area contributed by atoms with E-state index in [9.17, 15) is 46.0 Å². The lowest BCUT2D eigenvalue weighted by atomic mass is 10.0. The second kappa shape index (κ2) is 11.7. The SMILES string of the molecule is O=C(Nc1ccc([N+](=O)[O-])c(C(F)(F)F)c1)c1cc(-c2ccc(F)cc2F)ccc1OC(=O)c1cc(F)c(Cl)nc1Cl. The summed E-state index contributed by atoms with van der Waals surface area (Å²) in [6, 6.07) is 7.95. The molecule has 216 valence electrons. The summed E-state index contributed by atoms with van der Waals surface area (Å²) in [4.78, 5) is 39.2. The molecule has 0 radical (unpaired) electrons.